The van der Waals surface area contributed by atoms with E-state index in [2.05, 4.69) is 5.32 Å². The molecule has 156 valence electrons. The van der Waals surface area contributed by atoms with Gasteiger partial charge in [0.15, 0.2) is 5.11 Å². The van der Waals surface area contributed by atoms with Crippen molar-refractivity contribution >= 4 is 64.1 Å². The normalized spacial score (nSPS) is 15.5. The number of rotatable bonds is 3. The quantitative estimate of drug-likeness (QED) is 0.302. The van der Waals surface area contributed by atoms with E-state index in [9.17, 15) is 9.59 Å². The van der Waals surface area contributed by atoms with Crippen molar-refractivity contribution < 1.29 is 14.0 Å². The van der Waals surface area contributed by atoms with Crippen molar-refractivity contribution in [3.63, 3.8) is 0 Å². The van der Waals surface area contributed by atoms with Gasteiger partial charge in [0.2, 0.25) is 0 Å². The summed E-state index contributed by atoms with van der Waals surface area (Å²) < 4.78 is 5.81. The molecule has 5 nitrogen and oxygen atoms in total. The van der Waals surface area contributed by atoms with E-state index in [1.54, 1.807) is 36.4 Å². The molecular formula is C23H16Cl2N2O3S. The van der Waals surface area contributed by atoms with E-state index < -0.39 is 11.8 Å². The number of aryl methyl sites for hydroxylation is 1. The zero-order chi connectivity index (χ0) is 22.3. The third kappa shape index (κ3) is 4.02. The third-order valence-corrected chi connectivity index (χ3v) is 6.06. The fourth-order valence-electron chi connectivity index (χ4n) is 3.23. The molecule has 0 saturated carbocycles. The SMILES string of the molecule is Cc1cccc(N2C(=O)/C(=C\c3ccc(-c4ccc(Cl)c(Cl)c4)o3)C(=O)NC2=S)c1C. The van der Waals surface area contributed by atoms with Gasteiger partial charge in [-0.3, -0.25) is 19.8 Å². The molecule has 3 aromatic rings. The van der Waals surface area contributed by atoms with Gasteiger partial charge in [0.25, 0.3) is 11.8 Å². The number of anilines is 1. The summed E-state index contributed by atoms with van der Waals surface area (Å²) in [7, 11) is 0. The van der Waals surface area contributed by atoms with Gasteiger partial charge in [-0.2, -0.15) is 0 Å². The van der Waals surface area contributed by atoms with E-state index in [4.69, 9.17) is 39.8 Å². The molecule has 4 rings (SSSR count). The van der Waals surface area contributed by atoms with Crippen LogP contribution in [-0.2, 0) is 9.59 Å². The lowest BCUT2D eigenvalue weighted by Crippen LogP contribution is -2.54. The van der Waals surface area contributed by atoms with Crippen LogP contribution in [-0.4, -0.2) is 16.9 Å². The lowest BCUT2D eigenvalue weighted by Gasteiger charge is -2.30. The first-order valence-corrected chi connectivity index (χ1v) is 10.5. The maximum Gasteiger partial charge on any atom is 0.270 e. The van der Waals surface area contributed by atoms with Crippen molar-refractivity contribution in [2.75, 3.05) is 4.90 Å². The van der Waals surface area contributed by atoms with Crippen LogP contribution >= 0.6 is 35.4 Å². The molecule has 31 heavy (non-hydrogen) atoms. The summed E-state index contributed by atoms with van der Waals surface area (Å²) in [6.45, 7) is 3.84. The Kier molecular flexibility index (Phi) is 5.71. The number of carbonyl (C=O) groups excluding carboxylic acids is 2. The average molecular weight is 471 g/mol. The summed E-state index contributed by atoms with van der Waals surface area (Å²) in [5, 5.41) is 3.46. The third-order valence-electron chi connectivity index (χ3n) is 5.04. The molecule has 0 bridgehead atoms. The Bertz CT molecular complexity index is 1280. The van der Waals surface area contributed by atoms with Gasteiger partial charge < -0.3 is 4.42 Å². The molecule has 0 radical (unpaired) electrons. The van der Waals surface area contributed by atoms with Crippen LogP contribution in [0.1, 0.15) is 16.9 Å². The molecule has 0 spiro atoms. The zero-order valence-corrected chi connectivity index (χ0v) is 18.9. The second-order valence-corrected chi connectivity index (χ2v) is 8.21. The minimum absolute atomic E-state index is 0.0387. The van der Waals surface area contributed by atoms with E-state index in [1.165, 1.54) is 11.0 Å². The Labute approximate surface area is 194 Å². The Morgan fingerprint density at radius 1 is 1.03 bits per heavy atom. The summed E-state index contributed by atoms with van der Waals surface area (Å²) in [5.74, 6) is -0.233. The number of halogens is 2. The van der Waals surface area contributed by atoms with E-state index in [1.807, 2.05) is 26.0 Å². The van der Waals surface area contributed by atoms with Crippen LogP contribution in [0, 0.1) is 13.8 Å². The van der Waals surface area contributed by atoms with Crippen molar-refractivity contribution in [2.24, 2.45) is 0 Å². The molecule has 1 N–H and O–H groups in total. The topological polar surface area (TPSA) is 62.6 Å². The van der Waals surface area contributed by atoms with E-state index in [-0.39, 0.29) is 10.7 Å². The average Bonchev–Trinajstić information content (AvgIpc) is 3.19. The second kappa shape index (κ2) is 8.30. The maximum absolute atomic E-state index is 13.2. The fraction of sp³-hybridized carbons (Fsp3) is 0.0870. The summed E-state index contributed by atoms with van der Waals surface area (Å²) in [4.78, 5) is 27.1. The maximum atomic E-state index is 13.2. The van der Waals surface area contributed by atoms with Gasteiger partial charge in [-0.15, -0.1) is 0 Å². The van der Waals surface area contributed by atoms with E-state index in [0.29, 0.717) is 27.3 Å². The van der Waals surface area contributed by atoms with Crippen molar-refractivity contribution in [2.45, 2.75) is 13.8 Å². The van der Waals surface area contributed by atoms with Gasteiger partial charge >= 0.3 is 0 Å². The first kappa shape index (κ1) is 21.3. The number of hydrogen-bond donors (Lipinski definition) is 1. The summed E-state index contributed by atoms with van der Waals surface area (Å²) in [6.07, 6.45) is 1.40. The predicted molar refractivity (Wildman–Crippen MR) is 126 cm³/mol. The highest BCUT2D eigenvalue weighted by atomic mass is 35.5. The molecule has 0 atom stereocenters. The molecule has 1 aromatic heterocycles. The van der Waals surface area contributed by atoms with Gasteiger partial charge in [-0.05, 0) is 79.7 Å². The minimum atomic E-state index is -0.580. The monoisotopic (exact) mass is 470 g/mol. The van der Waals surface area contributed by atoms with Crippen LogP contribution in [0.5, 0.6) is 0 Å². The van der Waals surface area contributed by atoms with Crippen molar-refractivity contribution in [1.29, 1.82) is 0 Å². The number of thiocarbonyl (C=S) groups is 1. The standard InChI is InChI=1S/C23H16Cl2N2O3S/c1-12-4-3-5-19(13(12)2)27-22(29)16(21(28)26-23(27)31)11-15-7-9-20(30-15)14-6-8-17(24)18(25)10-14/h3-11H,1-2H3,(H,26,28,31)/b16-11-. The van der Waals surface area contributed by atoms with Crippen molar-refractivity contribution in [1.82, 2.24) is 5.32 Å². The van der Waals surface area contributed by atoms with Gasteiger partial charge in [0.1, 0.15) is 17.1 Å². The zero-order valence-electron chi connectivity index (χ0n) is 16.5. The molecule has 2 heterocycles. The smallest absolute Gasteiger partial charge is 0.270 e. The molecule has 1 saturated heterocycles. The summed E-state index contributed by atoms with van der Waals surface area (Å²) in [5.41, 5.74) is 3.17. The van der Waals surface area contributed by atoms with Crippen molar-refractivity contribution in [3.8, 4) is 11.3 Å². The number of nitrogens with zero attached hydrogens (tertiary/aromatic N) is 1. The van der Waals surface area contributed by atoms with Crippen LogP contribution in [0.2, 0.25) is 10.0 Å². The predicted octanol–water partition coefficient (Wildman–Crippen LogP) is 5.70. The Balaban J connectivity index is 1.70. The fourth-order valence-corrected chi connectivity index (χ4v) is 3.80. The Morgan fingerprint density at radius 3 is 2.55 bits per heavy atom. The molecule has 2 amide bonds. The summed E-state index contributed by atoms with van der Waals surface area (Å²) >= 11 is 17.3. The molecule has 1 aliphatic rings. The minimum Gasteiger partial charge on any atom is -0.457 e. The molecule has 0 unspecified atom stereocenters. The first-order valence-electron chi connectivity index (χ1n) is 9.29. The first-order chi connectivity index (χ1) is 14.8. The Morgan fingerprint density at radius 2 is 1.81 bits per heavy atom. The highest BCUT2D eigenvalue weighted by molar-refractivity contribution is 7.80. The van der Waals surface area contributed by atoms with Crippen LogP contribution in [0.25, 0.3) is 17.4 Å². The van der Waals surface area contributed by atoms with Gasteiger partial charge in [0.05, 0.1) is 15.7 Å². The van der Waals surface area contributed by atoms with Gasteiger partial charge in [-0.25, -0.2) is 0 Å². The van der Waals surface area contributed by atoms with Crippen LogP contribution < -0.4 is 10.2 Å². The van der Waals surface area contributed by atoms with Crippen LogP contribution in [0.4, 0.5) is 5.69 Å². The van der Waals surface area contributed by atoms with Crippen molar-refractivity contribution in [3.05, 3.63) is 81.0 Å². The van der Waals surface area contributed by atoms with E-state index >= 15 is 0 Å². The van der Waals surface area contributed by atoms with Gasteiger partial charge in [0, 0.05) is 5.56 Å². The lowest BCUT2D eigenvalue weighted by molar-refractivity contribution is -0.122. The van der Waals surface area contributed by atoms with Crippen LogP contribution in [0.3, 0.4) is 0 Å². The largest absolute Gasteiger partial charge is 0.457 e. The highest BCUT2D eigenvalue weighted by Crippen LogP contribution is 2.31. The molecule has 1 aliphatic heterocycles. The number of carbonyl (C=O) groups is 2. The molecule has 2 aromatic carbocycles. The second-order valence-electron chi connectivity index (χ2n) is 7.01. The number of hydrogen-bond acceptors (Lipinski definition) is 4. The number of benzene rings is 2. The number of furan rings is 1. The van der Waals surface area contributed by atoms with Gasteiger partial charge in [-0.1, -0.05) is 35.3 Å². The summed E-state index contributed by atoms with van der Waals surface area (Å²) in [6, 6.07) is 14.1. The molecule has 0 aliphatic carbocycles. The molecular weight excluding hydrogens is 455 g/mol. The number of amides is 2. The highest BCUT2D eigenvalue weighted by Gasteiger charge is 2.35. The van der Waals surface area contributed by atoms with Crippen LogP contribution in [0.15, 0.2) is 58.5 Å². The Hall–Kier alpha value is -2.93. The lowest BCUT2D eigenvalue weighted by atomic mass is 10.0. The molecule has 8 heteroatoms. The number of nitrogens with one attached hydrogen (secondary N) is 1. The molecule has 1 fully saturated rings. The van der Waals surface area contributed by atoms with E-state index in [0.717, 1.165) is 16.7 Å².